The van der Waals surface area contributed by atoms with Crippen molar-refractivity contribution in [2.45, 2.75) is 12.7 Å². The molecule has 0 saturated carbocycles. The fourth-order valence-corrected chi connectivity index (χ4v) is 0. The second kappa shape index (κ2) is 4.36. The van der Waals surface area contributed by atoms with Crippen LogP contribution < -0.4 is 5.73 Å². The molecular weight excluding hydrogens is 151 g/mol. The molecule has 0 aliphatic carbocycles. The predicted octanol–water partition coefficient (Wildman–Crippen LogP) is -0.637. The molecule has 6 heteroatoms. The van der Waals surface area contributed by atoms with Gasteiger partial charge in [0.05, 0.1) is 0 Å². The molecule has 0 radical (unpaired) electrons. The normalized spacial score (nSPS) is 9.78. The Labute approximate surface area is 53.6 Å². The van der Waals surface area contributed by atoms with Crippen LogP contribution in [0.5, 0.6) is 0 Å². The van der Waals surface area contributed by atoms with Gasteiger partial charge in [0.2, 0.25) is 5.91 Å². The van der Waals surface area contributed by atoms with Crippen LogP contribution in [0.2, 0.25) is 0 Å². The van der Waals surface area contributed by atoms with Crippen molar-refractivity contribution in [3.8, 4) is 0 Å². The molecule has 0 aromatic heterocycles. The summed E-state index contributed by atoms with van der Waals surface area (Å²) in [6.45, 7) is 1.31. The van der Waals surface area contributed by atoms with Crippen molar-refractivity contribution >= 4 is 16.1 Å². The van der Waals surface area contributed by atoms with Crippen molar-refractivity contribution in [1.82, 2.24) is 0 Å². The van der Waals surface area contributed by atoms with Crippen molar-refractivity contribution in [1.29, 1.82) is 0 Å². The first-order valence-electron chi connectivity index (χ1n) is 2.06. The molecule has 0 aliphatic heterocycles. The second-order valence-corrected chi connectivity index (χ2v) is 2.53. The third-order valence-electron chi connectivity index (χ3n) is 0. The van der Waals surface area contributed by atoms with E-state index in [0.717, 1.165) is 0 Å². The topological polar surface area (TPSA) is 43.1 Å². The summed E-state index contributed by atoms with van der Waals surface area (Å²) in [6, 6.07) is 0. The summed E-state index contributed by atoms with van der Waals surface area (Å²) in [7, 11) is -0.692. The molecule has 2 nitrogen and oxygen atoms in total. The van der Waals surface area contributed by atoms with E-state index in [2.05, 4.69) is 5.73 Å². The highest BCUT2D eigenvalue weighted by molar-refractivity contribution is 6.11. The van der Waals surface area contributed by atoms with Gasteiger partial charge in [0.15, 0.2) is 0 Å². The first-order valence-corrected chi connectivity index (χ1v) is 3.06. The number of primary amides is 1. The standard InChI is InChI=1S/C2H5NO.CH3F3Si/c1-2(3)4;2-1(3,4)5/h1H3,(H2,3,4);5H3. The Morgan fingerprint density at radius 2 is 1.56 bits per heavy atom. The number of amides is 1. The summed E-state index contributed by atoms with van der Waals surface area (Å²) < 4.78 is 31.2. The van der Waals surface area contributed by atoms with Gasteiger partial charge in [-0.15, -0.1) is 0 Å². The summed E-state index contributed by atoms with van der Waals surface area (Å²) in [5.74, 6) is -4.19. The average molecular weight is 159 g/mol. The van der Waals surface area contributed by atoms with Crippen LogP contribution in [0, 0.1) is 0 Å². The van der Waals surface area contributed by atoms with E-state index in [1.165, 1.54) is 6.92 Å². The first-order chi connectivity index (χ1) is 3.73. The van der Waals surface area contributed by atoms with Crippen LogP contribution in [0.4, 0.5) is 13.2 Å². The maximum absolute atomic E-state index is 10.4. The lowest BCUT2D eigenvalue weighted by molar-refractivity contribution is -0.115. The third kappa shape index (κ3) is 820. The van der Waals surface area contributed by atoms with Gasteiger partial charge < -0.3 is 5.73 Å². The molecule has 0 spiro atoms. The van der Waals surface area contributed by atoms with Crippen LogP contribution in [0.1, 0.15) is 6.92 Å². The van der Waals surface area contributed by atoms with Gasteiger partial charge in [-0.05, 0) is 0 Å². The van der Waals surface area contributed by atoms with Crippen LogP contribution in [-0.2, 0) is 4.79 Å². The lowest BCUT2D eigenvalue weighted by Crippen LogP contribution is -2.03. The summed E-state index contributed by atoms with van der Waals surface area (Å²) >= 11 is 0. The van der Waals surface area contributed by atoms with Crippen LogP contribution in [-0.4, -0.2) is 21.9 Å². The Morgan fingerprint density at radius 1 is 1.56 bits per heavy atom. The minimum atomic E-state index is -3.86. The zero-order chi connectivity index (χ0) is 8.08. The van der Waals surface area contributed by atoms with E-state index in [1.54, 1.807) is 0 Å². The summed E-state index contributed by atoms with van der Waals surface area (Å²) in [4.78, 5) is 9.22. The van der Waals surface area contributed by atoms with Gasteiger partial charge in [-0.25, -0.2) is 0 Å². The van der Waals surface area contributed by atoms with E-state index in [-0.39, 0.29) is 5.91 Å². The van der Waals surface area contributed by atoms with Gasteiger partial charge in [0, 0.05) is 6.92 Å². The monoisotopic (exact) mass is 159 g/mol. The molecule has 9 heavy (non-hydrogen) atoms. The molecule has 2 N–H and O–H groups in total. The van der Waals surface area contributed by atoms with E-state index in [4.69, 9.17) is 0 Å². The quantitative estimate of drug-likeness (QED) is 0.469. The minimum absolute atomic E-state index is 0.333. The summed E-state index contributed by atoms with van der Waals surface area (Å²) in [5, 5.41) is 0. The molecule has 0 atom stereocenters. The van der Waals surface area contributed by atoms with E-state index in [9.17, 15) is 18.0 Å². The number of halogens is 3. The third-order valence-corrected chi connectivity index (χ3v) is 0. The SMILES string of the molecule is CC(N)=O.FC(F)(F)[SiH3]. The second-order valence-electron chi connectivity index (χ2n) is 1.39. The van der Waals surface area contributed by atoms with Gasteiger partial charge in [-0.1, -0.05) is 0 Å². The molecule has 0 aliphatic rings. The Bertz CT molecular complexity index is 81.5. The van der Waals surface area contributed by atoms with Gasteiger partial charge >= 0.3 is 5.80 Å². The fraction of sp³-hybridized carbons (Fsp3) is 0.667. The van der Waals surface area contributed by atoms with Gasteiger partial charge in [0.1, 0.15) is 10.2 Å². The molecule has 0 aromatic carbocycles. The van der Waals surface area contributed by atoms with Gasteiger partial charge in [0.25, 0.3) is 0 Å². The molecule has 0 unspecified atom stereocenters. The highest BCUT2D eigenvalue weighted by atomic mass is 28.1. The highest BCUT2D eigenvalue weighted by Gasteiger charge is 2.14. The Kier molecular flexibility index (Phi) is 5.48. The largest absolute Gasteiger partial charge is 0.370 e. The first kappa shape index (κ1) is 11.3. The number of carbonyl (C=O) groups excluding carboxylic acids is 1. The van der Waals surface area contributed by atoms with Crippen molar-refractivity contribution in [3.63, 3.8) is 0 Å². The smallest absolute Gasteiger partial charge is 0.351 e. The van der Waals surface area contributed by atoms with E-state index >= 15 is 0 Å². The van der Waals surface area contributed by atoms with Crippen LogP contribution >= 0.6 is 0 Å². The fourth-order valence-electron chi connectivity index (χ4n) is 0. The van der Waals surface area contributed by atoms with Gasteiger partial charge in [-0.3, -0.25) is 4.79 Å². The number of nitrogens with two attached hydrogens (primary N) is 1. The average Bonchev–Trinajstić information content (AvgIpc) is 1.19. The molecule has 56 valence electrons. The summed E-state index contributed by atoms with van der Waals surface area (Å²) in [6.07, 6.45) is 0. The predicted molar refractivity (Wildman–Crippen MR) is 30.9 cm³/mol. The van der Waals surface area contributed by atoms with Crippen molar-refractivity contribution in [3.05, 3.63) is 0 Å². The number of alkyl halides is 3. The van der Waals surface area contributed by atoms with Crippen LogP contribution in [0.3, 0.4) is 0 Å². The summed E-state index contributed by atoms with van der Waals surface area (Å²) in [5.41, 5.74) is 4.47. The molecule has 0 fully saturated rings. The number of carbonyl (C=O) groups is 1. The van der Waals surface area contributed by atoms with Crippen molar-refractivity contribution in [2.75, 3.05) is 0 Å². The zero-order valence-electron chi connectivity index (χ0n) is 5.12. The molecule has 0 aromatic rings. The number of rotatable bonds is 0. The molecular formula is C3H8F3NOSi. The lowest BCUT2D eigenvalue weighted by Gasteiger charge is -1.89. The van der Waals surface area contributed by atoms with E-state index in [0.29, 0.717) is 0 Å². The van der Waals surface area contributed by atoms with E-state index in [1.807, 2.05) is 0 Å². The maximum atomic E-state index is 10.4. The van der Waals surface area contributed by atoms with Crippen molar-refractivity contribution in [2.24, 2.45) is 5.73 Å². The molecule has 0 rings (SSSR count). The minimum Gasteiger partial charge on any atom is -0.370 e. The number of hydrogen-bond donors (Lipinski definition) is 1. The Hall–Kier alpha value is -0.523. The van der Waals surface area contributed by atoms with E-state index < -0.39 is 16.0 Å². The molecule has 0 heterocycles. The Morgan fingerprint density at radius 3 is 1.56 bits per heavy atom. The van der Waals surface area contributed by atoms with Gasteiger partial charge in [-0.2, -0.15) is 13.2 Å². The van der Waals surface area contributed by atoms with Crippen molar-refractivity contribution < 1.29 is 18.0 Å². The zero-order valence-corrected chi connectivity index (χ0v) is 7.12. The Balaban J connectivity index is 0. The lowest BCUT2D eigenvalue weighted by atomic mass is 10.8. The molecule has 1 amide bonds. The van der Waals surface area contributed by atoms with Crippen LogP contribution in [0.25, 0.3) is 0 Å². The van der Waals surface area contributed by atoms with Crippen LogP contribution in [0.15, 0.2) is 0 Å². The maximum Gasteiger partial charge on any atom is 0.351 e. The molecule has 0 bridgehead atoms. The number of hydrogen-bond acceptors (Lipinski definition) is 1. The molecule has 0 saturated heterocycles. The highest BCUT2D eigenvalue weighted by Crippen LogP contribution is 2.05.